The molecule has 0 spiro atoms. The maximum atomic E-state index is 12.5. The molecule has 1 amide bonds. The Morgan fingerprint density at radius 1 is 1.43 bits per heavy atom. The van der Waals surface area contributed by atoms with Gasteiger partial charge < -0.3 is 10.2 Å². The fraction of sp³-hybridized carbons (Fsp3) is 0.533. The molecule has 6 heteroatoms. The Kier molecular flexibility index (Phi) is 4.90. The fourth-order valence-electron chi connectivity index (χ4n) is 2.53. The third-order valence-corrected chi connectivity index (χ3v) is 3.82. The minimum atomic E-state index is -0.417. The molecule has 1 aliphatic rings. The molecule has 0 bridgehead atoms. The average Bonchev–Trinajstić information content (AvgIpc) is 2.98. The van der Waals surface area contributed by atoms with Gasteiger partial charge >= 0.3 is 0 Å². The van der Waals surface area contributed by atoms with Crippen molar-refractivity contribution in [3.05, 3.63) is 39.9 Å². The van der Waals surface area contributed by atoms with E-state index in [-0.39, 0.29) is 23.6 Å². The Bertz CT molecular complexity index is 507. The number of amides is 1. The molecular weight excluding hydrogens is 270 g/mol. The first kappa shape index (κ1) is 15.4. The smallest absolute Gasteiger partial charge is 0.269 e. The summed E-state index contributed by atoms with van der Waals surface area (Å²) < 4.78 is 0. The summed E-state index contributed by atoms with van der Waals surface area (Å²) >= 11 is 0. The standard InChI is InChI=1S/C15H21N3O3/c1-11(2)17(15(19)13-7-8-16-9-13)10-12-3-5-14(6-4-12)18(20)21/h3-6,11,13,16H,7-10H2,1-2H3. The van der Waals surface area contributed by atoms with Crippen molar-refractivity contribution in [1.29, 1.82) is 0 Å². The number of nitro benzene ring substituents is 1. The van der Waals surface area contributed by atoms with E-state index < -0.39 is 4.92 Å². The molecule has 1 atom stereocenters. The number of benzene rings is 1. The van der Waals surface area contributed by atoms with Crippen LogP contribution >= 0.6 is 0 Å². The van der Waals surface area contributed by atoms with Crippen LogP contribution in [0.1, 0.15) is 25.8 Å². The van der Waals surface area contributed by atoms with Gasteiger partial charge in [-0.25, -0.2) is 0 Å². The Morgan fingerprint density at radius 2 is 2.10 bits per heavy atom. The lowest BCUT2D eigenvalue weighted by Crippen LogP contribution is -2.41. The van der Waals surface area contributed by atoms with Crippen molar-refractivity contribution in [2.45, 2.75) is 32.9 Å². The van der Waals surface area contributed by atoms with Gasteiger partial charge in [-0.1, -0.05) is 12.1 Å². The Labute approximate surface area is 124 Å². The van der Waals surface area contributed by atoms with Crippen LogP contribution in [0.5, 0.6) is 0 Å². The Balaban J connectivity index is 2.08. The van der Waals surface area contributed by atoms with Crippen molar-refractivity contribution in [3.8, 4) is 0 Å². The topological polar surface area (TPSA) is 75.5 Å². The summed E-state index contributed by atoms with van der Waals surface area (Å²) in [4.78, 5) is 24.6. The van der Waals surface area contributed by atoms with Crippen LogP contribution in [0, 0.1) is 16.0 Å². The molecule has 6 nitrogen and oxygen atoms in total. The molecule has 1 N–H and O–H groups in total. The molecule has 2 rings (SSSR count). The lowest BCUT2D eigenvalue weighted by molar-refractivity contribution is -0.384. The molecule has 1 aromatic rings. The second-order valence-electron chi connectivity index (χ2n) is 5.67. The number of nitrogens with one attached hydrogen (secondary N) is 1. The van der Waals surface area contributed by atoms with Gasteiger partial charge in [-0.15, -0.1) is 0 Å². The van der Waals surface area contributed by atoms with Crippen molar-refractivity contribution in [1.82, 2.24) is 10.2 Å². The van der Waals surface area contributed by atoms with E-state index in [1.807, 2.05) is 18.7 Å². The van der Waals surface area contributed by atoms with Gasteiger partial charge in [-0.3, -0.25) is 14.9 Å². The van der Waals surface area contributed by atoms with Crippen LogP contribution in [0.3, 0.4) is 0 Å². The molecule has 1 unspecified atom stereocenters. The lowest BCUT2D eigenvalue weighted by Gasteiger charge is -2.29. The molecule has 1 aliphatic heterocycles. The van der Waals surface area contributed by atoms with E-state index in [0.717, 1.165) is 25.1 Å². The minimum absolute atomic E-state index is 0.0467. The summed E-state index contributed by atoms with van der Waals surface area (Å²) in [7, 11) is 0. The van der Waals surface area contributed by atoms with Crippen LogP contribution in [-0.2, 0) is 11.3 Å². The van der Waals surface area contributed by atoms with Crippen LogP contribution in [-0.4, -0.2) is 34.9 Å². The summed E-state index contributed by atoms with van der Waals surface area (Å²) in [5.74, 6) is 0.207. The number of carbonyl (C=O) groups excluding carboxylic acids is 1. The van der Waals surface area contributed by atoms with Crippen molar-refractivity contribution in [2.75, 3.05) is 13.1 Å². The van der Waals surface area contributed by atoms with Crippen LogP contribution in [0.15, 0.2) is 24.3 Å². The van der Waals surface area contributed by atoms with Gasteiger partial charge in [0.15, 0.2) is 0 Å². The number of hydrogen-bond donors (Lipinski definition) is 1. The summed E-state index contributed by atoms with van der Waals surface area (Å²) in [6.45, 7) is 6.10. The number of rotatable bonds is 5. The van der Waals surface area contributed by atoms with E-state index in [1.54, 1.807) is 12.1 Å². The highest BCUT2D eigenvalue weighted by Gasteiger charge is 2.28. The molecule has 0 aliphatic carbocycles. The van der Waals surface area contributed by atoms with Gasteiger partial charge in [0.25, 0.3) is 5.69 Å². The highest BCUT2D eigenvalue weighted by Crippen LogP contribution is 2.18. The molecule has 1 heterocycles. The van der Waals surface area contributed by atoms with Gasteiger partial charge in [-0.05, 0) is 32.4 Å². The fourth-order valence-corrected chi connectivity index (χ4v) is 2.53. The Morgan fingerprint density at radius 3 is 2.57 bits per heavy atom. The maximum absolute atomic E-state index is 12.5. The van der Waals surface area contributed by atoms with E-state index in [1.165, 1.54) is 12.1 Å². The van der Waals surface area contributed by atoms with Crippen LogP contribution in [0.2, 0.25) is 0 Å². The molecule has 0 radical (unpaired) electrons. The Hall–Kier alpha value is -1.95. The zero-order valence-corrected chi connectivity index (χ0v) is 12.4. The molecule has 1 aromatic carbocycles. The third kappa shape index (κ3) is 3.78. The molecule has 0 saturated carbocycles. The normalized spacial score (nSPS) is 18.0. The van der Waals surface area contributed by atoms with Gasteiger partial charge in [0.2, 0.25) is 5.91 Å². The predicted octanol–water partition coefficient (Wildman–Crippen LogP) is 1.94. The van der Waals surface area contributed by atoms with E-state index in [0.29, 0.717) is 6.54 Å². The summed E-state index contributed by atoms with van der Waals surface area (Å²) in [6.07, 6.45) is 0.877. The van der Waals surface area contributed by atoms with E-state index in [4.69, 9.17) is 0 Å². The zero-order valence-electron chi connectivity index (χ0n) is 12.4. The molecule has 1 saturated heterocycles. The maximum Gasteiger partial charge on any atom is 0.269 e. The molecule has 0 aromatic heterocycles. The quantitative estimate of drug-likeness (QED) is 0.664. The largest absolute Gasteiger partial charge is 0.336 e. The highest BCUT2D eigenvalue weighted by molar-refractivity contribution is 5.79. The van der Waals surface area contributed by atoms with Gasteiger partial charge in [0.05, 0.1) is 10.8 Å². The summed E-state index contributed by atoms with van der Waals surface area (Å²) in [5, 5.41) is 13.9. The van der Waals surface area contributed by atoms with Crippen molar-refractivity contribution in [2.24, 2.45) is 5.92 Å². The molecular formula is C15H21N3O3. The number of carbonyl (C=O) groups is 1. The highest BCUT2D eigenvalue weighted by atomic mass is 16.6. The minimum Gasteiger partial charge on any atom is -0.336 e. The second-order valence-corrected chi connectivity index (χ2v) is 5.67. The monoisotopic (exact) mass is 291 g/mol. The van der Waals surface area contributed by atoms with Gasteiger partial charge in [0, 0.05) is 31.3 Å². The third-order valence-electron chi connectivity index (χ3n) is 3.82. The van der Waals surface area contributed by atoms with E-state index in [9.17, 15) is 14.9 Å². The van der Waals surface area contributed by atoms with Crippen LogP contribution < -0.4 is 5.32 Å². The van der Waals surface area contributed by atoms with Gasteiger partial charge in [0.1, 0.15) is 0 Å². The summed E-state index contributed by atoms with van der Waals surface area (Å²) in [6, 6.07) is 6.50. The van der Waals surface area contributed by atoms with Crippen LogP contribution in [0.25, 0.3) is 0 Å². The summed E-state index contributed by atoms with van der Waals surface area (Å²) in [5.41, 5.74) is 0.981. The first-order chi connectivity index (χ1) is 9.99. The van der Waals surface area contributed by atoms with Crippen molar-refractivity contribution >= 4 is 11.6 Å². The first-order valence-corrected chi connectivity index (χ1v) is 7.23. The van der Waals surface area contributed by atoms with Gasteiger partial charge in [-0.2, -0.15) is 0 Å². The van der Waals surface area contributed by atoms with Crippen molar-refractivity contribution in [3.63, 3.8) is 0 Å². The van der Waals surface area contributed by atoms with Crippen molar-refractivity contribution < 1.29 is 9.72 Å². The first-order valence-electron chi connectivity index (χ1n) is 7.23. The van der Waals surface area contributed by atoms with Crippen LogP contribution in [0.4, 0.5) is 5.69 Å². The molecule has 114 valence electrons. The predicted molar refractivity (Wildman–Crippen MR) is 79.8 cm³/mol. The second kappa shape index (κ2) is 6.67. The molecule has 21 heavy (non-hydrogen) atoms. The number of nitrogens with zero attached hydrogens (tertiary/aromatic N) is 2. The number of non-ortho nitro benzene ring substituents is 1. The average molecular weight is 291 g/mol. The van der Waals surface area contributed by atoms with E-state index in [2.05, 4.69) is 5.32 Å². The SMILES string of the molecule is CC(C)N(Cc1ccc([N+](=O)[O-])cc1)C(=O)C1CCNC1. The molecule has 1 fully saturated rings. The number of nitro groups is 1. The zero-order chi connectivity index (χ0) is 15.4. The number of hydrogen-bond acceptors (Lipinski definition) is 4. The van der Waals surface area contributed by atoms with E-state index >= 15 is 0 Å². The lowest BCUT2D eigenvalue weighted by atomic mass is 10.1.